The van der Waals surface area contributed by atoms with Crippen molar-refractivity contribution in [2.75, 3.05) is 33.5 Å². The summed E-state index contributed by atoms with van der Waals surface area (Å²) in [6.07, 6.45) is 0. The van der Waals surface area contributed by atoms with E-state index in [0.717, 1.165) is 22.6 Å². The van der Waals surface area contributed by atoms with Gasteiger partial charge in [-0.15, -0.1) is 0 Å². The average molecular weight is 265 g/mol. The van der Waals surface area contributed by atoms with E-state index in [0.29, 0.717) is 33.0 Å². The lowest BCUT2D eigenvalue weighted by Gasteiger charge is -2.06. The van der Waals surface area contributed by atoms with Gasteiger partial charge in [-0.3, -0.25) is 0 Å². The third-order valence-corrected chi connectivity index (χ3v) is 2.62. The zero-order valence-electron chi connectivity index (χ0n) is 11.0. The molecule has 0 aliphatic heterocycles. The Morgan fingerprint density at radius 3 is 2.84 bits per heavy atom. The van der Waals surface area contributed by atoms with Crippen LogP contribution >= 0.6 is 0 Å². The number of nitrogens with one attached hydrogen (secondary N) is 1. The van der Waals surface area contributed by atoms with Crippen LogP contribution in [0.5, 0.6) is 5.75 Å². The standard InChI is InChI=1S/C13H19N3O3/c1-17-4-5-18-6-7-19-10-2-3-11-12(8-10)16-13(9-14)15-11/h2-3,8H,4-7,9,14H2,1H3,(H,15,16). The van der Waals surface area contributed by atoms with E-state index >= 15 is 0 Å². The Morgan fingerprint density at radius 2 is 2.05 bits per heavy atom. The zero-order valence-corrected chi connectivity index (χ0v) is 11.0. The van der Waals surface area contributed by atoms with Crippen molar-refractivity contribution in [1.82, 2.24) is 9.97 Å². The topological polar surface area (TPSA) is 82.4 Å². The van der Waals surface area contributed by atoms with Gasteiger partial charge >= 0.3 is 0 Å². The van der Waals surface area contributed by atoms with Crippen LogP contribution in [0, 0.1) is 0 Å². The van der Waals surface area contributed by atoms with Gasteiger partial charge in [-0.25, -0.2) is 4.98 Å². The second kappa shape index (κ2) is 7.08. The molecule has 0 aliphatic rings. The van der Waals surface area contributed by atoms with Gasteiger partial charge < -0.3 is 24.9 Å². The fourth-order valence-corrected chi connectivity index (χ4v) is 1.69. The van der Waals surface area contributed by atoms with E-state index < -0.39 is 0 Å². The monoisotopic (exact) mass is 265 g/mol. The van der Waals surface area contributed by atoms with E-state index in [1.54, 1.807) is 7.11 Å². The highest BCUT2D eigenvalue weighted by Gasteiger charge is 2.03. The first-order valence-electron chi connectivity index (χ1n) is 6.21. The Labute approximate surface area is 111 Å². The predicted molar refractivity (Wildman–Crippen MR) is 72.2 cm³/mol. The van der Waals surface area contributed by atoms with Gasteiger partial charge in [0.15, 0.2) is 0 Å². The number of aromatic nitrogens is 2. The molecule has 0 spiro atoms. The molecule has 0 saturated carbocycles. The average Bonchev–Trinajstić information content (AvgIpc) is 2.85. The van der Waals surface area contributed by atoms with Crippen molar-refractivity contribution in [3.8, 4) is 5.75 Å². The van der Waals surface area contributed by atoms with Gasteiger partial charge in [0.25, 0.3) is 0 Å². The number of H-pyrrole nitrogens is 1. The summed E-state index contributed by atoms with van der Waals surface area (Å²) < 4.78 is 15.8. The molecule has 2 rings (SSSR count). The fourth-order valence-electron chi connectivity index (χ4n) is 1.69. The van der Waals surface area contributed by atoms with E-state index in [1.165, 1.54) is 0 Å². The number of ether oxygens (including phenoxy) is 3. The molecule has 0 fully saturated rings. The van der Waals surface area contributed by atoms with E-state index in [9.17, 15) is 0 Å². The number of benzene rings is 1. The minimum Gasteiger partial charge on any atom is -0.491 e. The third-order valence-electron chi connectivity index (χ3n) is 2.62. The van der Waals surface area contributed by atoms with Crippen LogP contribution in [0.25, 0.3) is 11.0 Å². The molecule has 6 heteroatoms. The number of hydrogen-bond donors (Lipinski definition) is 2. The SMILES string of the molecule is COCCOCCOc1ccc2nc(CN)[nH]c2c1. The Kier molecular flexibility index (Phi) is 5.14. The van der Waals surface area contributed by atoms with Crippen LogP contribution < -0.4 is 10.5 Å². The van der Waals surface area contributed by atoms with E-state index in [-0.39, 0.29) is 0 Å². The van der Waals surface area contributed by atoms with E-state index in [2.05, 4.69) is 9.97 Å². The summed E-state index contributed by atoms with van der Waals surface area (Å²) in [7, 11) is 1.65. The van der Waals surface area contributed by atoms with Gasteiger partial charge in [0, 0.05) is 13.2 Å². The third kappa shape index (κ3) is 3.92. The number of aromatic amines is 1. The maximum absolute atomic E-state index is 5.59. The van der Waals surface area contributed by atoms with Gasteiger partial charge in [-0.1, -0.05) is 0 Å². The maximum atomic E-state index is 5.59. The number of methoxy groups -OCH3 is 1. The summed E-state index contributed by atoms with van der Waals surface area (Å²) in [5.41, 5.74) is 7.36. The number of nitrogens with two attached hydrogens (primary N) is 1. The molecule has 0 saturated heterocycles. The first-order valence-corrected chi connectivity index (χ1v) is 6.21. The van der Waals surface area contributed by atoms with E-state index in [4.69, 9.17) is 19.9 Å². The molecule has 6 nitrogen and oxygen atoms in total. The molecule has 0 atom stereocenters. The van der Waals surface area contributed by atoms with Crippen molar-refractivity contribution in [3.63, 3.8) is 0 Å². The predicted octanol–water partition coefficient (Wildman–Crippen LogP) is 1.06. The minimum atomic E-state index is 0.401. The van der Waals surface area contributed by atoms with Gasteiger partial charge in [0.05, 0.1) is 37.4 Å². The second-order valence-electron chi connectivity index (χ2n) is 4.02. The number of nitrogens with zero attached hydrogens (tertiary/aromatic N) is 1. The summed E-state index contributed by atoms with van der Waals surface area (Å²) in [6, 6.07) is 5.71. The van der Waals surface area contributed by atoms with Crippen molar-refractivity contribution < 1.29 is 14.2 Å². The fraction of sp³-hybridized carbons (Fsp3) is 0.462. The van der Waals surface area contributed by atoms with Gasteiger partial charge in [-0.05, 0) is 12.1 Å². The van der Waals surface area contributed by atoms with Gasteiger partial charge in [0.1, 0.15) is 18.2 Å². The van der Waals surface area contributed by atoms with Crippen LogP contribution in [0.2, 0.25) is 0 Å². The quantitative estimate of drug-likeness (QED) is 0.697. The molecule has 1 heterocycles. The second-order valence-corrected chi connectivity index (χ2v) is 4.02. The van der Waals surface area contributed by atoms with Crippen LogP contribution in [0.4, 0.5) is 0 Å². The minimum absolute atomic E-state index is 0.401. The Morgan fingerprint density at radius 1 is 1.21 bits per heavy atom. The lowest BCUT2D eigenvalue weighted by atomic mass is 10.3. The van der Waals surface area contributed by atoms with Crippen LogP contribution in [-0.2, 0) is 16.0 Å². The van der Waals surface area contributed by atoms with Crippen LogP contribution in [0.3, 0.4) is 0 Å². The molecule has 0 aliphatic carbocycles. The summed E-state index contributed by atoms with van der Waals surface area (Å²) in [6.45, 7) is 2.63. The van der Waals surface area contributed by atoms with Crippen molar-refractivity contribution in [2.45, 2.75) is 6.54 Å². The van der Waals surface area contributed by atoms with Gasteiger partial charge in [-0.2, -0.15) is 0 Å². The molecule has 1 aromatic carbocycles. The van der Waals surface area contributed by atoms with E-state index in [1.807, 2.05) is 18.2 Å². The molecule has 0 bridgehead atoms. The smallest absolute Gasteiger partial charge is 0.121 e. The molecule has 19 heavy (non-hydrogen) atoms. The Balaban J connectivity index is 1.83. The highest BCUT2D eigenvalue weighted by Crippen LogP contribution is 2.18. The van der Waals surface area contributed by atoms with Crippen LogP contribution in [0.15, 0.2) is 18.2 Å². The largest absolute Gasteiger partial charge is 0.491 e. The zero-order chi connectivity index (χ0) is 13.5. The number of fused-ring (bicyclic) bond motifs is 1. The highest BCUT2D eigenvalue weighted by molar-refractivity contribution is 5.76. The van der Waals surface area contributed by atoms with Crippen LogP contribution in [-0.4, -0.2) is 43.5 Å². The summed E-state index contributed by atoms with van der Waals surface area (Å²) in [5.74, 6) is 1.56. The first-order chi connectivity index (χ1) is 9.33. The van der Waals surface area contributed by atoms with Gasteiger partial charge in [0.2, 0.25) is 0 Å². The maximum Gasteiger partial charge on any atom is 0.121 e. The molecular formula is C13H19N3O3. The number of hydrogen-bond acceptors (Lipinski definition) is 5. The molecule has 3 N–H and O–H groups in total. The molecule has 0 unspecified atom stereocenters. The van der Waals surface area contributed by atoms with Crippen molar-refractivity contribution in [3.05, 3.63) is 24.0 Å². The number of imidazole rings is 1. The normalized spacial score (nSPS) is 11.1. The molecule has 1 aromatic heterocycles. The Hall–Kier alpha value is -1.63. The highest BCUT2D eigenvalue weighted by atomic mass is 16.5. The molecule has 0 radical (unpaired) electrons. The van der Waals surface area contributed by atoms with Crippen molar-refractivity contribution in [1.29, 1.82) is 0 Å². The summed E-state index contributed by atoms with van der Waals surface area (Å²) >= 11 is 0. The first kappa shape index (κ1) is 13.8. The molecule has 104 valence electrons. The summed E-state index contributed by atoms with van der Waals surface area (Å²) in [4.78, 5) is 7.47. The lowest BCUT2D eigenvalue weighted by molar-refractivity contribution is 0.0544. The lowest BCUT2D eigenvalue weighted by Crippen LogP contribution is -2.09. The number of rotatable bonds is 8. The van der Waals surface area contributed by atoms with Crippen LogP contribution in [0.1, 0.15) is 5.82 Å². The Bertz CT molecular complexity index is 513. The molecule has 2 aromatic rings. The molecular weight excluding hydrogens is 246 g/mol. The summed E-state index contributed by atoms with van der Waals surface area (Å²) in [5, 5.41) is 0. The molecule has 0 amide bonds. The van der Waals surface area contributed by atoms with Crippen molar-refractivity contribution in [2.24, 2.45) is 5.73 Å². The van der Waals surface area contributed by atoms with Crippen molar-refractivity contribution >= 4 is 11.0 Å².